The summed E-state index contributed by atoms with van der Waals surface area (Å²) >= 11 is 0. The van der Waals surface area contributed by atoms with Crippen LogP contribution < -0.4 is 19.5 Å². The molecule has 0 aliphatic carbocycles. The second-order valence-electron chi connectivity index (χ2n) is 5.90. The van der Waals surface area contributed by atoms with Crippen LogP contribution in [-0.4, -0.2) is 47.6 Å². The molecule has 1 aromatic heterocycles. The van der Waals surface area contributed by atoms with Crippen molar-refractivity contribution < 1.29 is 28.2 Å². The van der Waals surface area contributed by atoms with E-state index in [4.69, 9.17) is 18.6 Å². The third kappa shape index (κ3) is 3.03. The van der Waals surface area contributed by atoms with Crippen molar-refractivity contribution in [3.05, 3.63) is 36.0 Å². The van der Waals surface area contributed by atoms with Gasteiger partial charge in [-0.2, -0.15) is 0 Å². The Morgan fingerprint density at radius 3 is 3.12 bits per heavy atom. The van der Waals surface area contributed by atoms with E-state index in [0.717, 1.165) is 0 Å². The number of amides is 2. The maximum atomic E-state index is 12.5. The zero-order valence-corrected chi connectivity index (χ0v) is 14.1. The molecule has 0 radical (unpaired) electrons. The van der Waals surface area contributed by atoms with Gasteiger partial charge in [0.2, 0.25) is 18.6 Å². The number of hydrogen-bond acceptors (Lipinski definition) is 7. The van der Waals surface area contributed by atoms with Crippen LogP contribution in [0, 0.1) is 0 Å². The van der Waals surface area contributed by atoms with E-state index in [0.29, 0.717) is 30.3 Å². The van der Waals surface area contributed by atoms with Gasteiger partial charge in [-0.1, -0.05) is 0 Å². The Balaban J connectivity index is 1.40. The highest BCUT2D eigenvalue weighted by Gasteiger charge is 2.31. The number of nitrogens with zero attached hydrogens (tertiary/aromatic N) is 2. The minimum Gasteiger partial charge on any atom is -0.484 e. The Morgan fingerprint density at radius 1 is 1.38 bits per heavy atom. The van der Waals surface area contributed by atoms with E-state index in [2.05, 4.69) is 10.3 Å². The Labute approximate surface area is 148 Å². The zero-order valence-electron chi connectivity index (χ0n) is 14.1. The first-order valence-corrected chi connectivity index (χ1v) is 8.17. The Bertz CT molecular complexity index is 849. The summed E-state index contributed by atoms with van der Waals surface area (Å²) in [5.74, 6) is 1.59. The summed E-state index contributed by atoms with van der Waals surface area (Å²) in [4.78, 5) is 29.9. The topological polar surface area (TPSA) is 103 Å². The van der Waals surface area contributed by atoms with Gasteiger partial charge in [-0.3, -0.25) is 9.59 Å². The fraction of sp³-hybridized carbons (Fsp3) is 0.353. The molecule has 136 valence electrons. The molecule has 0 bridgehead atoms. The standard InChI is InChI=1S/C17H17N3O6/c1-10-16(21)18-4-5-20(10)17(22)12-7-24-15(19-12)8-23-11-2-3-13-14(6-11)26-9-25-13/h2-3,6-7,10H,4-5,8-9H2,1H3,(H,18,21)/t10-/m0/s1. The lowest BCUT2D eigenvalue weighted by molar-refractivity contribution is -0.127. The van der Waals surface area contributed by atoms with Crippen molar-refractivity contribution in [2.45, 2.75) is 19.6 Å². The van der Waals surface area contributed by atoms with Crippen molar-refractivity contribution in [2.75, 3.05) is 19.9 Å². The molecule has 2 amide bonds. The molecule has 1 N–H and O–H groups in total. The Hall–Kier alpha value is -3.23. The number of oxazole rings is 1. The highest BCUT2D eigenvalue weighted by atomic mass is 16.7. The molecule has 1 aromatic carbocycles. The lowest BCUT2D eigenvalue weighted by atomic mass is 10.2. The summed E-state index contributed by atoms with van der Waals surface area (Å²) in [6, 6.07) is 4.67. The summed E-state index contributed by atoms with van der Waals surface area (Å²) in [5.41, 5.74) is 0.149. The molecule has 1 atom stereocenters. The molecule has 4 rings (SSSR count). The zero-order chi connectivity index (χ0) is 18.1. The van der Waals surface area contributed by atoms with Crippen LogP contribution in [0.1, 0.15) is 23.3 Å². The third-order valence-electron chi connectivity index (χ3n) is 4.24. The van der Waals surface area contributed by atoms with Crippen LogP contribution >= 0.6 is 0 Å². The summed E-state index contributed by atoms with van der Waals surface area (Å²) < 4.78 is 21.5. The molecule has 9 heteroatoms. The number of ether oxygens (including phenoxy) is 3. The fourth-order valence-electron chi connectivity index (χ4n) is 2.79. The molecular formula is C17H17N3O6. The van der Waals surface area contributed by atoms with E-state index < -0.39 is 6.04 Å². The third-order valence-corrected chi connectivity index (χ3v) is 4.24. The lowest BCUT2D eigenvalue weighted by Gasteiger charge is -2.32. The van der Waals surface area contributed by atoms with Gasteiger partial charge in [-0.05, 0) is 19.1 Å². The van der Waals surface area contributed by atoms with Gasteiger partial charge in [-0.15, -0.1) is 0 Å². The first-order chi connectivity index (χ1) is 12.6. The number of carbonyl (C=O) groups is 2. The molecule has 3 heterocycles. The first kappa shape index (κ1) is 16.2. The lowest BCUT2D eigenvalue weighted by Crippen LogP contribution is -2.55. The highest BCUT2D eigenvalue weighted by molar-refractivity contribution is 5.96. The number of carbonyl (C=O) groups excluding carboxylic acids is 2. The van der Waals surface area contributed by atoms with Gasteiger partial charge in [0.15, 0.2) is 23.8 Å². The number of benzene rings is 1. The fourth-order valence-corrected chi connectivity index (χ4v) is 2.79. The Kier molecular flexibility index (Phi) is 4.11. The molecule has 1 fully saturated rings. The second kappa shape index (κ2) is 6.58. The highest BCUT2D eigenvalue weighted by Crippen LogP contribution is 2.35. The molecule has 26 heavy (non-hydrogen) atoms. The van der Waals surface area contributed by atoms with Gasteiger partial charge in [0, 0.05) is 19.2 Å². The van der Waals surface area contributed by atoms with Crippen LogP contribution in [0.5, 0.6) is 17.2 Å². The molecule has 1 saturated heterocycles. The Morgan fingerprint density at radius 2 is 2.23 bits per heavy atom. The summed E-state index contributed by atoms with van der Waals surface area (Å²) in [6.07, 6.45) is 1.28. The van der Waals surface area contributed by atoms with Gasteiger partial charge in [0.25, 0.3) is 5.91 Å². The van der Waals surface area contributed by atoms with Gasteiger partial charge in [0.1, 0.15) is 18.1 Å². The molecule has 2 aliphatic heterocycles. The molecule has 2 aliphatic rings. The quantitative estimate of drug-likeness (QED) is 0.866. The van der Waals surface area contributed by atoms with E-state index in [1.807, 2.05) is 0 Å². The number of rotatable bonds is 4. The van der Waals surface area contributed by atoms with Gasteiger partial charge >= 0.3 is 0 Å². The van der Waals surface area contributed by atoms with Crippen molar-refractivity contribution >= 4 is 11.8 Å². The number of piperazine rings is 1. The number of nitrogens with one attached hydrogen (secondary N) is 1. The largest absolute Gasteiger partial charge is 0.484 e. The SMILES string of the molecule is C[C@H]1C(=O)NCCN1C(=O)c1coc(COc2ccc3c(c2)OCO3)n1. The minimum absolute atomic E-state index is 0.0585. The van der Waals surface area contributed by atoms with E-state index in [1.54, 1.807) is 25.1 Å². The van der Waals surface area contributed by atoms with Crippen LogP contribution in [0.2, 0.25) is 0 Å². The molecule has 0 spiro atoms. The van der Waals surface area contributed by atoms with Crippen molar-refractivity contribution in [3.8, 4) is 17.2 Å². The van der Waals surface area contributed by atoms with Crippen LogP contribution in [-0.2, 0) is 11.4 Å². The van der Waals surface area contributed by atoms with Crippen LogP contribution in [0.15, 0.2) is 28.9 Å². The van der Waals surface area contributed by atoms with Crippen molar-refractivity contribution in [1.29, 1.82) is 0 Å². The summed E-state index contributed by atoms with van der Waals surface area (Å²) in [5, 5.41) is 2.71. The van der Waals surface area contributed by atoms with Crippen molar-refractivity contribution in [3.63, 3.8) is 0 Å². The van der Waals surface area contributed by atoms with E-state index in [1.165, 1.54) is 11.2 Å². The van der Waals surface area contributed by atoms with Crippen LogP contribution in [0.3, 0.4) is 0 Å². The predicted octanol–water partition coefficient (Wildman–Crippen LogP) is 0.943. The number of hydrogen-bond donors (Lipinski definition) is 1. The van der Waals surface area contributed by atoms with Gasteiger partial charge in [0.05, 0.1) is 0 Å². The maximum absolute atomic E-state index is 12.5. The smallest absolute Gasteiger partial charge is 0.276 e. The molecule has 9 nitrogen and oxygen atoms in total. The molecular weight excluding hydrogens is 342 g/mol. The van der Waals surface area contributed by atoms with E-state index in [9.17, 15) is 9.59 Å². The first-order valence-electron chi connectivity index (χ1n) is 8.17. The number of aromatic nitrogens is 1. The average molecular weight is 359 g/mol. The van der Waals surface area contributed by atoms with Crippen molar-refractivity contribution in [1.82, 2.24) is 15.2 Å². The summed E-state index contributed by atoms with van der Waals surface area (Å²) in [6.45, 7) is 2.78. The molecule has 2 aromatic rings. The van der Waals surface area contributed by atoms with Gasteiger partial charge in [-0.25, -0.2) is 4.98 Å². The van der Waals surface area contributed by atoms with Crippen LogP contribution in [0.4, 0.5) is 0 Å². The predicted molar refractivity (Wildman–Crippen MR) is 86.9 cm³/mol. The maximum Gasteiger partial charge on any atom is 0.276 e. The normalized spacial score (nSPS) is 18.6. The molecule has 0 unspecified atom stereocenters. The second-order valence-corrected chi connectivity index (χ2v) is 5.90. The monoisotopic (exact) mass is 359 g/mol. The van der Waals surface area contributed by atoms with E-state index in [-0.39, 0.29) is 36.8 Å². The van der Waals surface area contributed by atoms with Gasteiger partial charge < -0.3 is 28.8 Å². The summed E-state index contributed by atoms with van der Waals surface area (Å²) in [7, 11) is 0. The van der Waals surface area contributed by atoms with Crippen LogP contribution in [0.25, 0.3) is 0 Å². The van der Waals surface area contributed by atoms with E-state index >= 15 is 0 Å². The van der Waals surface area contributed by atoms with Crippen molar-refractivity contribution in [2.24, 2.45) is 0 Å². The average Bonchev–Trinajstić information content (AvgIpc) is 3.30. The minimum atomic E-state index is -0.540. The molecule has 0 saturated carbocycles. The number of fused-ring (bicyclic) bond motifs is 1.